The molecule has 2 amide bonds. The van der Waals surface area contributed by atoms with Gasteiger partial charge >= 0.3 is 5.88 Å². The molecular weight excluding hydrogens is 340 g/mol. The van der Waals surface area contributed by atoms with Crippen LogP contribution in [0.5, 0.6) is 0 Å². The second-order valence-corrected chi connectivity index (χ2v) is 5.59. The molecule has 0 aliphatic carbocycles. The first kappa shape index (κ1) is 18.8. The van der Waals surface area contributed by atoms with E-state index >= 15 is 0 Å². The third kappa shape index (κ3) is 5.55. The molecule has 0 atom stereocenters. The lowest BCUT2D eigenvalue weighted by Crippen LogP contribution is -2.20. The first-order chi connectivity index (χ1) is 12.3. The average Bonchev–Trinajstić information content (AvgIpc) is 3.05. The van der Waals surface area contributed by atoms with E-state index in [2.05, 4.69) is 15.8 Å². The van der Waals surface area contributed by atoms with Gasteiger partial charge in [-0.05, 0) is 37.1 Å². The fraction of sp³-hybridized carbons (Fsp3) is 0.235. The van der Waals surface area contributed by atoms with Gasteiger partial charge in [-0.3, -0.25) is 19.7 Å². The summed E-state index contributed by atoms with van der Waals surface area (Å²) in [7, 11) is 0. The molecule has 1 aromatic heterocycles. The Hall–Kier alpha value is -3.49. The molecule has 0 saturated heterocycles. The van der Waals surface area contributed by atoms with Crippen molar-refractivity contribution in [2.24, 2.45) is 5.10 Å². The molecular formula is C17H18N4O5. The van der Waals surface area contributed by atoms with Gasteiger partial charge in [0.1, 0.15) is 4.92 Å². The summed E-state index contributed by atoms with van der Waals surface area (Å²) in [5, 5.41) is 16.9. The lowest BCUT2D eigenvalue weighted by atomic mass is 10.1. The highest BCUT2D eigenvalue weighted by Gasteiger charge is 2.11. The minimum absolute atomic E-state index is 0.000951. The SMILES string of the molecule is Cc1ccc(C)c(NC(=O)CCC(=O)N/N=C/c2ccc([N+](=O)[O-])o2)c1. The Morgan fingerprint density at radius 2 is 1.92 bits per heavy atom. The standard InChI is InChI=1S/C17H18N4O5/c1-11-3-4-12(2)14(9-11)19-15(22)6-7-16(23)20-18-10-13-5-8-17(26-13)21(24)25/h3-5,8-10H,6-7H2,1-2H3,(H,19,22)(H,20,23)/b18-10+. The lowest BCUT2D eigenvalue weighted by Gasteiger charge is -2.09. The van der Waals surface area contributed by atoms with E-state index in [1.165, 1.54) is 12.1 Å². The van der Waals surface area contributed by atoms with E-state index in [0.29, 0.717) is 5.69 Å². The molecule has 9 heteroatoms. The molecule has 1 heterocycles. The number of nitro groups is 1. The molecule has 0 spiro atoms. The van der Waals surface area contributed by atoms with E-state index in [-0.39, 0.29) is 24.5 Å². The third-order valence-corrected chi connectivity index (χ3v) is 3.42. The fourth-order valence-corrected chi connectivity index (χ4v) is 2.04. The second kappa shape index (κ2) is 8.56. The summed E-state index contributed by atoms with van der Waals surface area (Å²) in [4.78, 5) is 33.4. The number of carbonyl (C=O) groups excluding carboxylic acids is 2. The van der Waals surface area contributed by atoms with Crippen molar-refractivity contribution in [3.05, 3.63) is 57.3 Å². The van der Waals surface area contributed by atoms with Crippen molar-refractivity contribution >= 4 is 29.6 Å². The Balaban J connectivity index is 1.77. The number of benzene rings is 1. The monoisotopic (exact) mass is 358 g/mol. The van der Waals surface area contributed by atoms with Crippen molar-refractivity contribution in [3.8, 4) is 0 Å². The zero-order valence-electron chi connectivity index (χ0n) is 14.3. The summed E-state index contributed by atoms with van der Waals surface area (Å²) in [6, 6.07) is 8.25. The normalized spacial score (nSPS) is 10.7. The van der Waals surface area contributed by atoms with Gasteiger partial charge in [-0.2, -0.15) is 5.10 Å². The number of amides is 2. The molecule has 0 radical (unpaired) electrons. The highest BCUT2D eigenvalue weighted by Crippen LogP contribution is 2.16. The zero-order valence-corrected chi connectivity index (χ0v) is 14.3. The maximum absolute atomic E-state index is 11.9. The van der Waals surface area contributed by atoms with Crippen LogP contribution in [0.1, 0.15) is 29.7 Å². The summed E-state index contributed by atoms with van der Waals surface area (Å²) >= 11 is 0. The van der Waals surface area contributed by atoms with Crippen LogP contribution in [0.25, 0.3) is 0 Å². The number of hydrogen-bond donors (Lipinski definition) is 2. The quantitative estimate of drug-likeness (QED) is 0.447. The maximum atomic E-state index is 11.9. The van der Waals surface area contributed by atoms with Crippen molar-refractivity contribution in [3.63, 3.8) is 0 Å². The Labute approximate surface area is 149 Å². The van der Waals surface area contributed by atoms with Crippen molar-refractivity contribution in [2.75, 3.05) is 5.32 Å². The average molecular weight is 358 g/mol. The molecule has 0 unspecified atom stereocenters. The first-order valence-electron chi connectivity index (χ1n) is 7.78. The topological polar surface area (TPSA) is 127 Å². The molecule has 0 aliphatic heterocycles. The van der Waals surface area contributed by atoms with Crippen LogP contribution in [0.15, 0.2) is 39.9 Å². The molecule has 0 bridgehead atoms. The van der Waals surface area contributed by atoms with Crippen LogP contribution >= 0.6 is 0 Å². The number of anilines is 1. The van der Waals surface area contributed by atoms with E-state index in [4.69, 9.17) is 4.42 Å². The third-order valence-electron chi connectivity index (χ3n) is 3.42. The van der Waals surface area contributed by atoms with E-state index < -0.39 is 16.7 Å². The van der Waals surface area contributed by atoms with Crippen LogP contribution in [0.4, 0.5) is 11.6 Å². The van der Waals surface area contributed by atoms with Gasteiger partial charge in [0, 0.05) is 18.5 Å². The fourth-order valence-electron chi connectivity index (χ4n) is 2.04. The number of carbonyl (C=O) groups is 2. The molecule has 0 fully saturated rings. The predicted molar refractivity (Wildman–Crippen MR) is 94.9 cm³/mol. The van der Waals surface area contributed by atoms with E-state index in [9.17, 15) is 19.7 Å². The number of hydrogen-bond acceptors (Lipinski definition) is 6. The van der Waals surface area contributed by atoms with Crippen molar-refractivity contribution in [1.82, 2.24) is 5.43 Å². The molecule has 1 aromatic carbocycles. The molecule has 26 heavy (non-hydrogen) atoms. The highest BCUT2D eigenvalue weighted by molar-refractivity contribution is 5.94. The maximum Gasteiger partial charge on any atom is 0.433 e. The van der Waals surface area contributed by atoms with Gasteiger partial charge in [-0.25, -0.2) is 5.43 Å². The van der Waals surface area contributed by atoms with Crippen LogP contribution in [-0.2, 0) is 9.59 Å². The molecule has 2 rings (SSSR count). The van der Waals surface area contributed by atoms with Crippen LogP contribution in [0, 0.1) is 24.0 Å². The summed E-state index contributed by atoms with van der Waals surface area (Å²) in [6.45, 7) is 3.81. The molecule has 9 nitrogen and oxygen atoms in total. The van der Waals surface area contributed by atoms with E-state index in [1.807, 2.05) is 32.0 Å². The predicted octanol–water partition coefficient (Wildman–Crippen LogP) is 2.67. The van der Waals surface area contributed by atoms with Crippen LogP contribution in [0.2, 0.25) is 0 Å². The molecule has 136 valence electrons. The number of nitrogens with zero attached hydrogens (tertiary/aromatic N) is 2. The number of rotatable bonds is 7. The van der Waals surface area contributed by atoms with Crippen molar-refractivity contribution < 1.29 is 18.9 Å². The first-order valence-corrected chi connectivity index (χ1v) is 7.78. The smallest absolute Gasteiger partial charge is 0.400 e. The second-order valence-electron chi connectivity index (χ2n) is 5.59. The largest absolute Gasteiger partial charge is 0.433 e. The van der Waals surface area contributed by atoms with Gasteiger partial charge in [0.05, 0.1) is 12.3 Å². The molecule has 0 aliphatic rings. The lowest BCUT2D eigenvalue weighted by molar-refractivity contribution is -0.402. The zero-order chi connectivity index (χ0) is 19.1. The van der Waals surface area contributed by atoms with Gasteiger partial charge < -0.3 is 9.73 Å². The summed E-state index contributed by atoms with van der Waals surface area (Å²) in [5.41, 5.74) is 4.91. The minimum atomic E-state index is -0.676. The molecule has 2 N–H and O–H groups in total. The van der Waals surface area contributed by atoms with Crippen molar-refractivity contribution in [1.29, 1.82) is 0 Å². The Kier molecular flexibility index (Phi) is 6.20. The Morgan fingerprint density at radius 1 is 1.19 bits per heavy atom. The summed E-state index contributed by atoms with van der Waals surface area (Å²) in [6.07, 6.45) is 1.09. The van der Waals surface area contributed by atoms with Gasteiger partial charge in [0.2, 0.25) is 11.8 Å². The summed E-state index contributed by atoms with van der Waals surface area (Å²) in [5.74, 6) is -1.02. The number of hydrazone groups is 1. The summed E-state index contributed by atoms with van der Waals surface area (Å²) < 4.78 is 4.85. The highest BCUT2D eigenvalue weighted by atomic mass is 16.6. The van der Waals surface area contributed by atoms with E-state index in [1.54, 1.807) is 0 Å². The molecule has 0 saturated carbocycles. The Bertz CT molecular complexity index is 857. The van der Waals surface area contributed by atoms with Crippen LogP contribution in [-0.4, -0.2) is 23.0 Å². The minimum Gasteiger partial charge on any atom is -0.400 e. The van der Waals surface area contributed by atoms with Crippen LogP contribution in [0.3, 0.4) is 0 Å². The Morgan fingerprint density at radius 3 is 2.62 bits per heavy atom. The van der Waals surface area contributed by atoms with Gasteiger partial charge in [0.25, 0.3) is 0 Å². The molecule has 2 aromatic rings. The number of aryl methyl sites for hydroxylation is 2. The van der Waals surface area contributed by atoms with Gasteiger partial charge in [-0.1, -0.05) is 12.1 Å². The number of furan rings is 1. The number of nitrogens with one attached hydrogen (secondary N) is 2. The van der Waals surface area contributed by atoms with Crippen molar-refractivity contribution in [2.45, 2.75) is 26.7 Å². The van der Waals surface area contributed by atoms with E-state index in [0.717, 1.165) is 17.3 Å². The van der Waals surface area contributed by atoms with Gasteiger partial charge in [0.15, 0.2) is 5.76 Å². The van der Waals surface area contributed by atoms with Gasteiger partial charge in [-0.15, -0.1) is 0 Å². The van der Waals surface area contributed by atoms with Crippen LogP contribution < -0.4 is 10.7 Å².